The highest BCUT2D eigenvalue weighted by molar-refractivity contribution is 5.87. The van der Waals surface area contributed by atoms with Gasteiger partial charge in [0.2, 0.25) is 5.91 Å². The number of hydrazine groups is 1. The van der Waals surface area contributed by atoms with Gasteiger partial charge in [0, 0.05) is 73.9 Å². The molecular formula is C50H56F10N10O8. The summed E-state index contributed by atoms with van der Waals surface area (Å²) in [4.78, 5) is 61.1. The van der Waals surface area contributed by atoms with Crippen molar-refractivity contribution in [3.05, 3.63) is 101 Å². The zero-order valence-corrected chi connectivity index (χ0v) is 42.5. The van der Waals surface area contributed by atoms with Crippen molar-refractivity contribution in [1.82, 2.24) is 46.0 Å². The molecule has 0 saturated carbocycles. The molecule has 424 valence electrons. The number of carbonyl (C=O) groups excluding carboxylic acids is 3. The van der Waals surface area contributed by atoms with E-state index in [1.807, 2.05) is 16.8 Å². The zero-order chi connectivity index (χ0) is 57.5. The third kappa shape index (κ3) is 14.7. The third-order valence-electron chi connectivity index (χ3n) is 13.5. The molecule has 28 heteroatoms. The normalized spacial score (nSPS) is 16.3. The number of nitrogens with zero attached hydrogens (tertiary/aromatic N) is 6. The molecule has 2 saturated heterocycles. The number of hydrogen-bond acceptors (Lipinski definition) is 12. The van der Waals surface area contributed by atoms with E-state index in [0.717, 1.165) is 64.7 Å². The van der Waals surface area contributed by atoms with Gasteiger partial charge in [-0.25, -0.2) is 33.0 Å². The van der Waals surface area contributed by atoms with Gasteiger partial charge in [0.1, 0.15) is 29.5 Å². The molecule has 2 aliphatic rings. The Morgan fingerprint density at radius 1 is 0.808 bits per heavy atom. The van der Waals surface area contributed by atoms with Crippen molar-refractivity contribution in [3.8, 4) is 23.0 Å². The summed E-state index contributed by atoms with van der Waals surface area (Å²) in [6, 6.07) is 4.43. The van der Waals surface area contributed by atoms with Gasteiger partial charge in [-0.3, -0.25) is 19.9 Å². The van der Waals surface area contributed by atoms with Crippen LogP contribution >= 0.6 is 0 Å². The smallest absolute Gasteiger partial charge is 0.407 e. The standard InChI is InChI=1S/C50H56F10N10O8/c1-47(2,49(55,56)57)40(65-46(76)77-5)42(72)63-37(18-29-9-6-28(7-10-29)8-11-30-12-13-39(61-21-30)68-16-14-67(15-17-68)33-26-78-27-33)38(71)25-69(66-43(73)41(64-45(74)75)48(3,4)50(58,59)60)24-34-35(51)19-31(20-36(34)52)32-22-62-70(23-32)44(53)54/h6-7,9-10,12-13,19-23,33,37-38,40-41,44,64,71H,14-18,24-27H2,1-5H3,(H,63,72)(H,65,76)(H,66,73)(H,74,75)/t37-,38-,40+,41+/m0/s1. The predicted molar refractivity (Wildman–Crippen MR) is 258 cm³/mol. The summed E-state index contributed by atoms with van der Waals surface area (Å²) in [6.45, 7) is 1.38. The maximum Gasteiger partial charge on any atom is 0.407 e. The summed E-state index contributed by atoms with van der Waals surface area (Å²) < 4.78 is 155. The van der Waals surface area contributed by atoms with Crippen molar-refractivity contribution in [2.45, 2.75) is 89.8 Å². The van der Waals surface area contributed by atoms with E-state index in [-0.39, 0.29) is 21.4 Å². The molecule has 6 N–H and O–H groups in total. The Morgan fingerprint density at radius 2 is 1.38 bits per heavy atom. The fourth-order valence-electron chi connectivity index (χ4n) is 8.27. The molecule has 0 aliphatic carbocycles. The quantitative estimate of drug-likeness (QED) is 0.0362. The van der Waals surface area contributed by atoms with E-state index in [2.05, 4.69) is 41.8 Å². The Labute approximate surface area is 440 Å². The molecule has 0 unspecified atom stereocenters. The van der Waals surface area contributed by atoms with Crippen molar-refractivity contribution in [1.29, 1.82) is 0 Å². The molecule has 2 aliphatic heterocycles. The second-order valence-corrected chi connectivity index (χ2v) is 19.6. The van der Waals surface area contributed by atoms with Crippen LogP contribution in [0.4, 0.5) is 59.3 Å². The molecule has 0 spiro atoms. The molecule has 4 aromatic rings. The number of amides is 4. The number of aliphatic hydroxyl groups excluding tert-OH is 1. The van der Waals surface area contributed by atoms with Gasteiger partial charge in [-0.05, 0) is 81.6 Å². The van der Waals surface area contributed by atoms with Crippen molar-refractivity contribution < 1.29 is 82.8 Å². The summed E-state index contributed by atoms with van der Waals surface area (Å²) in [7, 11) is 0.809. The number of halogens is 10. The second kappa shape index (κ2) is 24.6. The molecule has 6 rings (SSSR count). The molecule has 4 heterocycles. The van der Waals surface area contributed by atoms with Crippen molar-refractivity contribution >= 4 is 29.8 Å². The van der Waals surface area contributed by atoms with Gasteiger partial charge < -0.3 is 40.5 Å². The maximum atomic E-state index is 16.0. The fourth-order valence-corrected chi connectivity index (χ4v) is 8.27. The number of carboxylic acid groups (broad SMARTS) is 1. The van der Waals surface area contributed by atoms with Crippen LogP contribution in [0.25, 0.3) is 11.1 Å². The van der Waals surface area contributed by atoms with Crippen molar-refractivity contribution in [2.75, 3.05) is 57.9 Å². The van der Waals surface area contributed by atoms with Gasteiger partial charge in [0.15, 0.2) is 0 Å². The molecule has 4 atom stereocenters. The van der Waals surface area contributed by atoms with Crippen LogP contribution in [0, 0.1) is 34.3 Å². The number of piperazine rings is 1. The fraction of sp³-hybridized carbons (Fsp3) is 0.480. The number of aliphatic hydroxyl groups is 1. The van der Waals surface area contributed by atoms with Crippen molar-refractivity contribution in [3.63, 3.8) is 0 Å². The zero-order valence-electron chi connectivity index (χ0n) is 42.5. The van der Waals surface area contributed by atoms with E-state index < -0.39 is 115 Å². The lowest BCUT2D eigenvalue weighted by molar-refractivity contribution is -0.221. The number of rotatable bonds is 19. The van der Waals surface area contributed by atoms with E-state index in [0.29, 0.717) is 62.0 Å². The van der Waals surface area contributed by atoms with Gasteiger partial charge in [0.25, 0.3) is 5.91 Å². The highest BCUT2D eigenvalue weighted by Crippen LogP contribution is 2.42. The summed E-state index contributed by atoms with van der Waals surface area (Å²) in [5, 5.41) is 30.9. The molecular weight excluding hydrogens is 1060 g/mol. The molecule has 4 amide bonds. The van der Waals surface area contributed by atoms with Crippen LogP contribution in [0.15, 0.2) is 67.1 Å². The number of alkyl halides is 8. The Bertz CT molecular complexity index is 2790. The Hall–Kier alpha value is -7.22. The van der Waals surface area contributed by atoms with Crippen molar-refractivity contribution in [2.24, 2.45) is 10.8 Å². The Morgan fingerprint density at radius 3 is 1.88 bits per heavy atom. The monoisotopic (exact) mass is 1110 g/mol. The largest absolute Gasteiger partial charge is 0.465 e. The van der Waals surface area contributed by atoms with Gasteiger partial charge in [-0.15, -0.1) is 0 Å². The van der Waals surface area contributed by atoms with Crippen LogP contribution < -0.4 is 26.3 Å². The lowest BCUT2D eigenvalue weighted by Gasteiger charge is -2.42. The Kier molecular flexibility index (Phi) is 18.9. The van der Waals surface area contributed by atoms with Crippen LogP contribution in [0.3, 0.4) is 0 Å². The van der Waals surface area contributed by atoms with E-state index >= 15 is 8.78 Å². The number of ether oxygens (including phenoxy) is 2. The first-order chi connectivity index (χ1) is 36.5. The lowest BCUT2D eigenvalue weighted by Crippen LogP contribution is -2.63. The maximum absolute atomic E-state index is 16.0. The van der Waals surface area contributed by atoms with Crippen LogP contribution in [0.1, 0.15) is 56.5 Å². The number of anilines is 1. The van der Waals surface area contributed by atoms with E-state index in [4.69, 9.17) is 4.74 Å². The molecule has 18 nitrogen and oxygen atoms in total. The number of nitrogens with one attached hydrogen (secondary N) is 4. The molecule has 2 aromatic carbocycles. The summed E-state index contributed by atoms with van der Waals surface area (Å²) in [5.41, 5.74) is -4.50. The van der Waals surface area contributed by atoms with E-state index in [1.54, 1.807) is 12.3 Å². The minimum Gasteiger partial charge on any atom is -0.465 e. The number of carbonyl (C=O) groups is 4. The van der Waals surface area contributed by atoms with Gasteiger partial charge >= 0.3 is 31.1 Å². The summed E-state index contributed by atoms with van der Waals surface area (Å²) in [6.07, 6.45) is -13.5. The molecule has 2 aromatic heterocycles. The van der Waals surface area contributed by atoms with Crippen LogP contribution in [0.5, 0.6) is 0 Å². The summed E-state index contributed by atoms with van der Waals surface area (Å²) >= 11 is 0. The highest BCUT2D eigenvalue weighted by Gasteiger charge is 2.57. The average molecular weight is 1120 g/mol. The average Bonchev–Trinajstić information content (AvgIpc) is 3.86. The number of benzene rings is 2. The predicted octanol–water partition coefficient (Wildman–Crippen LogP) is 6.00. The minimum atomic E-state index is -5.28. The number of aromatic nitrogens is 3. The molecule has 78 heavy (non-hydrogen) atoms. The van der Waals surface area contributed by atoms with Crippen LogP contribution in [-0.4, -0.2) is 155 Å². The third-order valence-corrected chi connectivity index (χ3v) is 13.5. The lowest BCUT2D eigenvalue weighted by atomic mass is 9.82. The number of hydrogen-bond donors (Lipinski definition) is 6. The number of methoxy groups -OCH3 is 1. The van der Waals surface area contributed by atoms with Gasteiger partial charge in [0.05, 0.1) is 55.5 Å². The van der Waals surface area contributed by atoms with E-state index in [1.165, 1.54) is 29.6 Å². The first-order valence-corrected chi connectivity index (χ1v) is 23.9. The Balaban J connectivity index is 1.31. The number of alkyl carbamates (subject to hydrolysis) is 1. The van der Waals surface area contributed by atoms with Crippen LogP contribution in [-0.2, 0) is 32.0 Å². The van der Waals surface area contributed by atoms with Gasteiger partial charge in [-0.1, -0.05) is 24.0 Å². The molecule has 2 fully saturated rings. The molecule has 0 bridgehead atoms. The van der Waals surface area contributed by atoms with Crippen LogP contribution in [0.2, 0.25) is 0 Å². The topological polar surface area (TPSA) is 216 Å². The minimum absolute atomic E-state index is 0.186. The first kappa shape index (κ1) is 60.0. The van der Waals surface area contributed by atoms with Gasteiger partial charge in [-0.2, -0.15) is 40.2 Å². The SMILES string of the molecule is COC(=O)N[C@H](C(=O)N[C@@H](Cc1ccc(C#Cc2ccc(N3CCN(C4COC4)CC3)nc2)cc1)[C@@H](O)CN(Cc1c(F)cc(-c2cnn(C(F)F)c2)cc1F)NC(=O)[C@@H](NC(=O)O)C(C)(C)C(F)(F)F)C(C)(C)C(F)(F)F. The van der Waals surface area contributed by atoms with E-state index in [9.17, 15) is 64.5 Å². The molecule has 0 radical (unpaired) electrons. The summed E-state index contributed by atoms with van der Waals surface area (Å²) in [5.74, 6) is 0.541. The number of pyridine rings is 1. The second-order valence-electron chi connectivity index (χ2n) is 19.6. The first-order valence-electron chi connectivity index (χ1n) is 23.9. The highest BCUT2D eigenvalue weighted by atomic mass is 19.4.